The summed E-state index contributed by atoms with van der Waals surface area (Å²) in [5.74, 6) is -0.936. The van der Waals surface area contributed by atoms with Gasteiger partial charge in [0.05, 0.1) is 12.1 Å². The minimum Gasteiger partial charge on any atom is -0.478 e. The Morgan fingerprint density at radius 3 is 2.39 bits per heavy atom. The smallest absolute Gasteiger partial charge is 0.336 e. The Morgan fingerprint density at radius 2 is 1.74 bits per heavy atom. The lowest BCUT2D eigenvalue weighted by atomic mass is 9.99. The van der Waals surface area contributed by atoms with Crippen LogP contribution in [-0.2, 0) is 13.0 Å². The largest absolute Gasteiger partial charge is 0.478 e. The summed E-state index contributed by atoms with van der Waals surface area (Å²) in [5, 5.41) is 9.45. The summed E-state index contributed by atoms with van der Waals surface area (Å²) in [4.78, 5) is 24.6. The van der Waals surface area contributed by atoms with Crippen molar-refractivity contribution in [3.8, 4) is 11.1 Å². The second kappa shape index (κ2) is 10.3. The average Bonchev–Trinajstić information content (AvgIpc) is 3.09. The first-order chi connectivity index (χ1) is 15.0. The number of carbonyl (C=O) groups is 1. The van der Waals surface area contributed by atoms with E-state index in [1.165, 1.54) is 0 Å². The lowest BCUT2D eigenvalue weighted by molar-refractivity contribution is 0.0697. The van der Waals surface area contributed by atoms with Gasteiger partial charge < -0.3 is 5.11 Å². The average molecular weight is 421 g/mol. The van der Waals surface area contributed by atoms with Crippen molar-refractivity contribution in [2.45, 2.75) is 65.5 Å². The van der Waals surface area contributed by atoms with E-state index < -0.39 is 5.97 Å². The monoisotopic (exact) mass is 420 g/mol. The number of hydrogen-bond donors (Lipinski definition) is 1. The Kier molecular flexibility index (Phi) is 7.50. The molecule has 0 fully saturated rings. The molecule has 5 nitrogen and oxygen atoms in total. The van der Waals surface area contributed by atoms with Gasteiger partial charge in [-0.25, -0.2) is 9.59 Å². The molecule has 0 aliphatic rings. The molecule has 1 heterocycles. The molecule has 5 heteroatoms. The molecule has 0 bridgehead atoms. The molecule has 0 saturated carbocycles. The summed E-state index contributed by atoms with van der Waals surface area (Å²) in [6.07, 6.45) is 7.22. The highest BCUT2D eigenvalue weighted by molar-refractivity contribution is 5.95. The van der Waals surface area contributed by atoms with E-state index in [0.717, 1.165) is 48.9 Å². The number of carboxylic acids is 1. The number of nitrogens with zero attached hydrogens (tertiary/aromatic N) is 2. The summed E-state index contributed by atoms with van der Waals surface area (Å²) < 4.78 is 3.75. The van der Waals surface area contributed by atoms with E-state index in [0.29, 0.717) is 12.1 Å². The first kappa shape index (κ1) is 22.6. The molecule has 0 amide bonds. The molecule has 164 valence electrons. The zero-order valence-corrected chi connectivity index (χ0v) is 18.7. The molecule has 31 heavy (non-hydrogen) atoms. The van der Waals surface area contributed by atoms with Gasteiger partial charge in [-0.1, -0.05) is 69.2 Å². The van der Waals surface area contributed by atoms with Crippen molar-refractivity contribution in [2.75, 3.05) is 0 Å². The molecule has 2 aromatic carbocycles. The minimum atomic E-state index is -0.936. The van der Waals surface area contributed by atoms with E-state index in [1.807, 2.05) is 51.7 Å². The number of aromatic nitrogens is 2. The molecule has 1 aromatic heterocycles. The summed E-state index contributed by atoms with van der Waals surface area (Å²) in [6.45, 7) is 6.88. The third kappa shape index (κ3) is 5.16. The van der Waals surface area contributed by atoms with Gasteiger partial charge in [0, 0.05) is 17.9 Å². The standard InChI is InChI=1S/C26H32N2O3/c1-4-6-7-10-22-18-27(19(3)5-2)26(31)28(22)17-20-13-15-21(16-14-20)23-11-8-9-12-24(23)25(29)30/h8-9,11-16,18-19H,4-7,10,17H2,1-3H3,(H,29,30). The van der Waals surface area contributed by atoms with E-state index in [9.17, 15) is 14.7 Å². The van der Waals surface area contributed by atoms with Crippen molar-refractivity contribution in [2.24, 2.45) is 0 Å². The predicted molar refractivity (Wildman–Crippen MR) is 125 cm³/mol. The Bertz CT molecular complexity index is 1080. The topological polar surface area (TPSA) is 64.2 Å². The SMILES string of the molecule is CCCCCc1cn(C(C)CC)c(=O)n1Cc1ccc(-c2ccccc2C(=O)O)cc1. The van der Waals surface area contributed by atoms with Crippen LogP contribution in [-0.4, -0.2) is 20.2 Å². The van der Waals surface area contributed by atoms with Crippen LogP contribution in [0.25, 0.3) is 11.1 Å². The first-order valence-corrected chi connectivity index (χ1v) is 11.2. The van der Waals surface area contributed by atoms with Gasteiger partial charge in [0.2, 0.25) is 0 Å². The highest BCUT2D eigenvalue weighted by Crippen LogP contribution is 2.24. The highest BCUT2D eigenvalue weighted by atomic mass is 16.4. The number of carboxylic acid groups (broad SMARTS) is 1. The number of aryl methyl sites for hydroxylation is 1. The van der Waals surface area contributed by atoms with E-state index in [1.54, 1.807) is 12.1 Å². The van der Waals surface area contributed by atoms with Gasteiger partial charge in [-0.2, -0.15) is 0 Å². The van der Waals surface area contributed by atoms with Crippen molar-refractivity contribution >= 4 is 5.97 Å². The zero-order valence-electron chi connectivity index (χ0n) is 18.7. The second-order valence-corrected chi connectivity index (χ2v) is 8.16. The van der Waals surface area contributed by atoms with Crippen LogP contribution in [0, 0.1) is 0 Å². The summed E-state index contributed by atoms with van der Waals surface area (Å²) in [6, 6.07) is 15.0. The molecule has 0 aliphatic carbocycles. The van der Waals surface area contributed by atoms with E-state index in [4.69, 9.17) is 0 Å². The van der Waals surface area contributed by atoms with Crippen molar-refractivity contribution in [3.63, 3.8) is 0 Å². The van der Waals surface area contributed by atoms with Crippen LogP contribution in [0.1, 0.15) is 74.1 Å². The molecule has 0 saturated heterocycles. The maximum Gasteiger partial charge on any atom is 0.336 e. The van der Waals surface area contributed by atoms with Gasteiger partial charge in [-0.3, -0.25) is 9.13 Å². The lowest BCUT2D eigenvalue weighted by Gasteiger charge is -2.10. The Balaban J connectivity index is 1.89. The number of unbranched alkanes of at least 4 members (excludes halogenated alkanes) is 2. The Labute approximate surface area is 184 Å². The van der Waals surface area contributed by atoms with Crippen molar-refractivity contribution in [1.82, 2.24) is 9.13 Å². The van der Waals surface area contributed by atoms with Gasteiger partial charge in [0.15, 0.2) is 0 Å². The predicted octanol–water partition coefficient (Wildman–Crippen LogP) is 5.77. The van der Waals surface area contributed by atoms with Crippen LogP contribution in [0.15, 0.2) is 59.5 Å². The molecule has 3 rings (SSSR count). The third-order valence-corrected chi connectivity index (χ3v) is 5.95. The third-order valence-electron chi connectivity index (χ3n) is 5.95. The fourth-order valence-electron chi connectivity index (χ4n) is 3.88. The number of aromatic carboxylic acids is 1. The fraction of sp³-hybridized carbons (Fsp3) is 0.385. The second-order valence-electron chi connectivity index (χ2n) is 8.16. The normalized spacial score (nSPS) is 12.1. The van der Waals surface area contributed by atoms with Crippen molar-refractivity contribution in [1.29, 1.82) is 0 Å². The molecule has 1 atom stereocenters. The van der Waals surface area contributed by atoms with Crippen LogP contribution >= 0.6 is 0 Å². The van der Waals surface area contributed by atoms with Crippen LogP contribution < -0.4 is 5.69 Å². The fourth-order valence-corrected chi connectivity index (χ4v) is 3.88. The van der Waals surface area contributed by atoms with Gasteiger partial charge >= 0.3 is 11.7 Å². The van der Waals surface area contributed by atoms with Crippen molar-refractivity contribution in [3.05, 3.63) is 82.0 Å². The first-order valence-electron chi connectivity index (χ1n) is 11.2. The molecular formula is C26H32N2O3. The summed E-state index contributed by atoms with van der Waals surface area (Å²) in [5.41, 5.74) is 3.99. The quantitative estimate of drug-likeness (QED) is 0.424. The van der Waals surface area contributed by atoms with Crippen LogP contribution in [0.2, 0.25) is 0 Å². The maximum atomic E-state index is 13.1. The Morgan fingerprint density at radius 1 is 1.03 bits per heavy atom. The molecular weight excluding hydrogens is 388 g/mol. The maximum absolute atomic E-state index is 13.1. The Hall–Kier alpha value is -3.08. The van der Waals surface area contributed by atoms with E-state index in [2.05, 4.69) is 20.8 Å². The molecule has 1 N–H and O–H groups in total. The molecule has 3 aromatic rings. The van der Waals surface area contributed by atoms with Gasteiger partial charge in [-0.15, -0.1) is 0 Å². The number of rotatable bonds is 10. The molecule has 0 radical (unpaired) electrons. The van der Waals surface area contributed by atoms with Crippen molar-refractivity contribution < 1.29 is 9.90 Å². The van der Waals surface area contributed by atoms with Gasteiger partial charge in [0.25, 0.3) is 0 Å². The number of imidazole rings is 1. The van der Waals surface area contributed by atoms with Crippen LogP contribution in [0.4, 0.5) is 0 Å². The molecule has 1 unspecified atom stereocenters. The highest BCUT2D eigenvalue weighted by Gasteiger charge is 2.15. The van der Waals surface area contributed by atoms with E-state index in [-0.39, 0.29) is 17.3 Å². The van der Waals surface area contributed by atoms with Crippen LogP contribution in [0.3, 0.4) is 0 Å². The van der Waals surface area contributed by atoms with E-state index >= 15 is 0 Å². The van der Waals surface area contributed by atoms with Gasteiger partial charge in [-0.05, 0) is 48.9 Å². The number of hydrogen-bond acceptors (Lipinski definition) is 2. The molecule has 0 aliphatic heterocycles. The lowest BCUT2D eigenvalue weighted by Crippen LogP contribution is -2.27. The van der Waals surface area contributed by atoms with Gasteiger partial charge in [0.1, 0.15) is 0 Å². The summed E-state index contributed by atoms with van der Waals surface area (Å²) in [7, 11) is 0. The summed E-state index contributed by atoms with van der Waals surface area (Å²) >= 11 is 0. The minimum absolute atomic E-state index is 0.0427. The van der Waals surface area contributed by atoms with Crippen LogP contribution in [0.5, 0.6) is 0 Å². The molecule has 0 spiro atoms. The zero-order chi connectivity index (χ0) is 22.4. The number of benzene rings is 2.